The van der Waals surface area contributed by atoms with Crippen LogP contribution < -0.4 is 0 Å². The molecule has 0 fully saturated rings. The van der Waals surface area contributed by atoms with E-state index in [4.69, 9.17) is 11.6 Å². The Kier molecular flexibility index (Phi) is 3.11. The Morgan fingerprint density at radius 2 is 1.90 bits per heavy atom. The molecule has 0 saturated carbocycles. The predicted molar refractivity (Wildman–Crippen MR) is 82.5 cm³/mol. The SMILES string of the molecule is Cc1cc(Cl)cc(C(=O)c2cn(C)c3ccccc23)c1. The lowest BCUT2D eigenvalue weighted by molar-refractivity contribution is 0.104. The van der Waals surface area contributed by atoms with Gasteiger partial charge in [0, 0.05) is 40.3 Å². The lowest BCUT2D eigenvalue weighted by atomic mass is 10.0. The van der Waals surface area contributed by atoms with Gasteiger partial charge in [0.25, 0.3) is 0 Å². The molecule has 2 nitrogen and oxygen atoms in total. The first-order valence-electron chi connectivity index (χ1n) is 6.42. The lowest BCUT2D eigenvalue weighted by Gasteiger charge is -2.02. The van der Waals surface area contributed by atoms with Gasteiger partial charge in [0.05, 0.1) is 0 Å². The van der Waals surface area contributed by atoms with Crippen LogP contribution in [0.1, 0.15) is 21.5 Å². The van der Waals surface area contributed by atoms with Crippen LogP contribution in [0.15, 0.2) is 48.7 Å². The molecule has 0 radical (unpaired) electrons. The van der Waals surface area contributed by atoms with Gasteiger partial charge in [0.2, 0.25) is 0 Å². The highest BCUT2D eigenvalue weighted by molar-refractivity contribution is 6.31. The molecular weight excluding hydrogens is 270 g/mol. The molecule has 1 aromatic heterocycles. The van der Waals surface area contributed by atoms with Gasteiger partial charge < -0.3 is 4.57 Å². The maximum Gasteiger partial charge on any atom is 0.195 e. The second kappa shape index (κ2) is 4.80. The molecule has 3 aromatic rings. The van der Waals surface area contributed by atoms with E-state index in [1.807, 2.05) is 61.1 Å². The van der Waals surface area contributed by atoms with E-state index < -0.39 is 0 Å². The number of nitrogens with zero attached hydrogens (tertiary/aromatic N) is 1. The van der Waals surface area contributed by atoms with Gasteiger partial charge in [-0.15, -0.1) is 0 Å². The average Bonchev–Trinajstić information content (AvgIpc) is 2.75. The standard InChI is InChI=1S/C17H14ClNO/c1-11-7-12(9-13(18)8-11)17(20)15-10-19(2)16-6-4-3-5-14(15)16/h3-10H,1-2H3. The summed E-state index contributed by atoms with van der Waals surface area (Å²) in [4.78, 5) is 12.7. The molecule has 3 rings (SSSR count). The fourth-order valence-corrected chi connectivity index (χ4v) is 2.84. The number of hydrogen-bond acceptors (Lipinski definition) is 1. The molecule has 100 valence electrons. The summed E-state index contributed by atoms with van der Waals surface area (Å²) in [6.07, 6.45) is 1.88. The molecule has 0 aliphatic rings. The molecule has 0 unspecified atom stereocenters. The Labute approximate surface area is 122 Å². The zero-order valence-corrected chi connectivity index (χ0v) is 12.1. The number of hydrogen-bond donors (Lipinski definition) is 0. The molecule has 2 aromatic carbocycles. The quantitative estimate of drug-likeness (QED) is 0.640. The molecule has 3 heteroatoms. The maximum absolute atomic E-state index is 12.7. The molecule has 0 amide bonds. The van der Waals surface area contributed by atoms with Crippen LogP contribution in [0.3, 0.4) is 0 Å². The smallest absolute Gasteiger partial charge is 0.195 e. The summed E-state index contributed by atoms with van der Waals surface area (Å²) in [7, 11) is 1.95. The summed E-state index contributed by atoms with van der Waals surface area (Å²) in [5.74, 6) is 0.00685. The van der Waals surface area contributed by atoms with E-state index in [0.29, 0.717) is 16.1 Å². The van der Waals surface area contributed by atoms with Gasteiger partial charge in [-0.05, 0) is 36.8 Å². The van der Waals surface area contributed by atoms with Crippen LogP contribution in [-0.2, 0) is 7.05 Å². The number of rotatable bonds is 2. The first-order chi connectivity index (χ1) is 9.56. The third-order valence-corrected chi connectivity index (χ3v) is 3.66. The minimum absolute atomic E-state index is 0.00685. The third-order valence-electron chi connectivity index (χ3n) is 3.45. The number of carbonyl (C=O) groups excluding carboxylic acids is 1. The fourth-order valence-electron chi connectivity index (χ4n) is 2.55. The minimum atomic E-state index is 0.00685. The summed E-state index contributed by atoms with van der Waals surface area (Å²) in [6, 6.07) is 13.3. The van der Waals surface area contributed by atoms with E-state index in [0.717, 1.165) is 16.5 Å². The van der Waals surface area contributed by atoms with Gasteiger partial charge in [-0.25, -0.2) is 0 Å². The van der Waals surface area contributed by atoms with Crippen molar-refractivity contribution in [2.75, 3.05) is 0 Å². The second-order valence-corrected chi connectivity index (χ2v) is 5.45. The van der Waals surface area contributed by atoms with E-state index in [1.165, 1.54) is 0 Å². The van der Waals surface area contributed by atoms with E-state index >= 15 is 0 Å². The molecule has 0 N–H and O–H groups in total. The van der Waals surface area contributed by atoms with Crippen molar-refractivity contribution in [2.24, 2.45) is 7.05 Å². The van der Waals surface area contributed by atoms with E-state index in [2.05, 4.69) is 0 Å². The monoisotopic (exact) mass is 283 g/mol. The lowest BCUT2D eigenvalue weighted by Crippen LogP contribution is -2.01. The molecule has 0 saturated heterocycles. The number of carbonyl (C=O) groups is 1. The van der Waals surface area contributed by atoms with Gasteiger partial charge in [0.15, 0.2) is 5.78 Å². The van der Waals surface area contributed by atoms with Crippen molar-refractivity contribution in [1.82, 2.24) is 4.57 Å². The molecule has 0 spiro atoms. The second-order valence-electron chi connectivity index (χ2n) is 5.02. The zero-order valence-electron chi connectivity index (χ0n) is 11.4. The van der Waals surface area contributed by atoms with E-state index in [1.54, 1.807) is 6.07 Å². The van der Waals surface area contributed by atoms with Gasteiger partial charge >= 0.3 is 0 Å². The van der Waals surface area contributed by atoms with Gasteiger partial charge in [-0.3, -0.25) is 4.79 Å². The van der Waals surface area contributed by atoms with Crippen LogP contribution in [0.5, 0.6) is 0 Å². The first kappa shape index (κ1) is 12.9. The van der Waals surface area contributed by atoms with Crippen molar-refractivity contribution in [2.45, 2.75) is 6.92 Å². The molecule has 0 aliphatic heterocycles. The Morgan fingerprint density at radius 3 is 2.65 bits per heavy atom. The van der Waals surface area contributed by atoms with Crippen molar-refractivity contribution >= 4 is 28.3 Å². The van der Waals surface area contributed by atoms with E-state index in [9.17, 15) is 4.79 Å². The highest BCUT2D eigenvalue weighted by Crippen LogP contribution is 2.24. The van der Waals surface area contributed by atoms with Crippen LogP contribution in [-0.4, -0.2) is 10.4 Å². The largest absolute Gasteiger partial charge is 0.350 e. The van der Waals surface area contributed by atoms with Crippen LogP contribution in [0.2, 0.25) is 5.02 Å². The van der Waals surface area contributed by atoms with Crippen LogP contribution in [0.25, 0.3) is 10.9 Å². The normalized spacial score (nSPS) is 10.9. The first-order valence-corrected chi connectivity index (χ1v) is 6.80. The number of halogens is 1. The topological polar surface area (TPSA) is 22.0 Å². The van der Waals surface area contributed by atoms with Crippen LogP contribution >= 0.6 is 11.6 Å². The zero-order chi connectivity index (χ0) is 14.3. The number of benzene rings is 2. The summed E-state index contributed by atoms with van der Waals surface area (Å²) in [5.41, 5.74) is 3.38. The van der Waals surface area contributed by atoms with Crippen molar-refractivity contribution in [3.63, 3.8) is 0 Å². The summed E-state index contributed by atoms with van der Waals surface area (Å²) >= 11 is 6.05. The molecule has 20 heavy (non-hydrogen) atoms. The van der Waals surface area contributed by atoms with Crippen molar-refractivity contribution in [1.29, 1.82) is 0 Å². The molecule has 0 atom stereocenters. The van der Waals surface area contributed by atoms with Crippen molar-refractivity contribution in [3.8, 4) is 0 Å². The summed E-state index contributed by atoms with van der Waals surface area (Å²) in [6.45, 7) is 1.94. The minimum Gasteiger partial charge on any atom is -0.350 e. The van der Waals surface area contributed by atoms with Crippen molar-refractivity contribution < 1.29 is 4.79 Å². The number of para-hydroxylation sites is 1. The number of aromatic nitrogens is 1. The highest BCUT2D eigenvalue weighted by atomic mass is 35.5. The summed E-state index contributed by atoms with van der Waals surface area (Å²) < 4.78 is 1.97. The maximum atomic E-state index is 12.7. The van der Waals surface area contributed by atoms with Crippen LogP contribution in [0.4, 0.5) is 0 Å². The molecular formula is C17H14ClNO. The Hall–Kier alpha value is -2.06. The Bertz CT molecular complexity index is 797. The fraction of sp³-hybridized carbons (Fsp3) is 0.118. The molecule has 0 aliphatic carbocycles. The Balaban J connectivity index is 2.18. The Morgan fingerprint density at radius 1 is 1.15 bits per heavy atom. The average molecular weight is 284 g/mol. The van der Waals surface area contributed by atoms with Gasteiger partial charge in [0.1, 0.15) is 0 Å². The third kappa shape index (κ3) is 2.12. The molecule has 1 heterocycles. The molecule has 0 bridgehead atoms. The predicted octanol–water partition coefficient (Wildman–Crippen LogP) is 4.37. The van der Waals surface area contributed by atoms with Gasteiger partial charge in [-0.1, -0.05) is 29.8 Å². The number of aryl methyl sites for hydroxylation is 2. The van der Waals surface area contributed by atoms with E-state index in [-0.39, 0.29) is 5.78 Å². The highest BCUT2D eigenvalue weighted by Gasteiger charge is 2.16. The number of ketones is 1. The van der Waals surface area contributed by atoms with Crippen molar-refractivity contribution in [3.05, 3.63) is 70.4 Å². The van der Waals surface area contributed by atoms with Crippen LogP contribution in [0, 0.1) is 6.92 Å². The number of fused-ring (bicyclic) bond motifs is 1. The summed E-state index contributed by atoms with van der Waals surface area (Å²) in [5, 5.41) is 1.56. The van der Waals surface area contributed by atoms with Gasteiger partial charge in [-0.2, -0.15) is 0 Å².